The maximum Gasteiger partial charge on any atom is 0.125 e. The van der Waals surface area contributed by atoms with E-state index in [2.05, 4.69) is 12.2 Å². The van der Waals surface area contributed by atoms with Gasteiger partial charge < -0.3 is 14.8 Å². The van der Waals surface area contributed by atoms with Gasteiger partial charge in [0.2, 0.25) is 0 Å². The van der Waals surface area contributed by atoms with Crippen molar-refractivity contribution < 1.29 is 9.47 Å². The molecular weight excluding hydrogens is 274 g/mol. The van der Waals surface area contributed by atoms with Crippen LogP contribution in [0.1, 0.15) is 30.9 Å². The van der Waals surface area contributed by atoms with Gasteiger partial charge in [0.25, 0.3) is 0 Å². The molecule has 2 rings (SSSR count). The fourth-order valence-electron chi connectivity index (χ4n) is 2.67. The fourth-order valence-corrected chi connectivity index (χ4v) is 2.93. The summed E-state index contributed by atoms with van der Waals surface area (Å²) in [7, 11) is 3.77. The van der Waals surface area contributed by atoms with Crippen molar-refractivity contribution in [3.05, 3.63) is 28.3 Å². The average molecular weight is 298 g/mol. The molecule has 0 fully saturated rings. The van der Waals surface area contributed by atoms with Crippen molar-refractivity contribution in [1.82, 2.24) is 5.32 Å². The van der Waals surface area contributed by atoms with E-state index < -0.39 is 0 Å². The molecule has 0 aromatic heterocycles. The SMILES string of the molecule is CNC(CCC(C)OC)Cc1cc(Cl)cc2c1OCC2. The number of nitrogens with one attached hydrogen (secondary N) is 1. The van der Waals surface area contributed by atoms with Gasteiger partial charge in [0.15, 0.2) is 0 Å². The molecule has 0 bridgehead atoms. The molecule has 0 saturated heterocycles. The quantitative estimate of drug-likeness (QED) is 0.838. The highest BCUT2D eigenvalue weighted by Crippen LogP contribution is 2.33. The van der Waals surface area contributed by atoms with Gasteiger partial charge in [0.05, 0.1) is 12.7 Å². The Morgan fingerprint density at radius 3 is 2.90 bits per heavy atom. The normalized spacial score (nSPS) is 16.6. The van der Waals surface area contributed by atoms with Crippen molar-refractivity contribution in [2.45, 2.75) is 44.8 Å². The van der Waals surface area contributed by atoms with Crippen LogP contribution in [0, 0.1) is 0 Å². The van der Waals surface area contributed by atoms with E-state index in [1.807, 2.05) is 19.2 Å². The van der Waals surface area contributed by atoms with Gasteiger partial charge in [-0.3, -0.25) is 0 Å². The van der Waals surface area contributed by atoms with Crippen LogP contribution in [0.15, 0.2) is 12.1 Å². The third-order valence-electron chi connectivity index (χ3n) is 4.02. The molecule has 0 spiro atoms. The fraction of sp³-hybridized carbons (Fsp3) is 0.625. The number of benzene rings is 1. The molecular formula is C16H24ClNO2. The van der Waals surface area contributed by atoms with Crippen LogP contribution in [0.25, 0.3) is 0 Å². The maximum absolute atomic E-state index is 6.21. The minimum atomic E-state index is 0.298. The van der Waals surface area contributed by atoms with Crippen LogP contribution >= 0.6 is 11.6 Å². The predicted octanol–water partition coefficient (Wildman–Crippen LogP) is 3.22. The second-order valence-electron chi connectivity index (χ2n) is 5.47. The summed E-state index contributed by atoms with van der Waals surface area (Å²) in [6, 6.07) is 4.48. The zero-order valence-electron chi connectivity index (χ0n) is 12.5. The van der Waals surface area contributed by atoms with Crippen LogP contribution in [0.5, 0.6) is 5.75 Å². The van der Waals surface area contributed by atoms with Crippen molar-refractivity contribution in [1.29, 1.82) is 0 Å². The number of likely N-dealkylation sites (N-methyl/N-ethyl adjacent to an activating group) is 1. The summed E-state index contributed by atoms with van der Waals surface area (Å²) in [6.45, 7) is 2.88. The summed E-state index contributed by atoms with van der Waals surface area (Å²) in [5, 5.41) is 4.20. The number of halogens is 1. The lowest BCUT2D eigenvalue weighted by Crippen LogP contribution is -2.29. The summed E-state index contributed by atoms with van der Waals surface area (Å²) in [4.78, 5) is 0. The van der Waals surface area contributed by atoms with E-state index in [1.54, 1.807) is 7.11 Å². The second-order valence-corrected chi connectivity index (χ2v) is 5.90. The lowest BCUT2D eigenvalue weighted by molar-refractivity contribution is 0.106. The number of rotatable bonds is 7. The first-order valence-electron chi connectivity index (χ1n) is 7.28. The minimum absolute atomic E-state index is 0.298. The largest absolute Gasteiger partial charge is 0.493 e. The van der Waals surface area contributed by atoms with Gasteiger partial charge in [0.1, 0.15) is 5.75 Å². The highest BCUT2D eigenvalue weighted by atomic mass is 35.5. The number of fused-ring (bicyclic) bond motifs is 1. The second kappa shape index (κ2) is 7.30. The van der Waals surface area contributed by atoms with E-state index in [-0.39, 0.29) is 0 Å². The predicted molar refractivity (Wildman–Crippen MR) is 82.9 cm³/mol. The summed E-state index contributed by atoms with van der Waals surface area (Å²) in [5.74, 6) is 1.05. The Morgan fingerprint density at radius 2 is 2.20 bits per heavy atom. The zero-order valence-corrected chi connectivity index (χ0v) is 13.3. The summed E-state index contributed by atoms with van der Waals surface area (Å²) < 4.78 is 11.1. The van der Waals surface area contributed by atoms with E-state index in [9.17, 15) is 0 Å². The molecule has 1 aliphatic rings. The molecule has 20 heavy (non-hydrogen) atoms. The van der Waals surface area contributed by atoms with Crippen LogP contribution in [0.3, 0.4) is 0 Å². The van der Waals surface area contributed by atoms with E-state index in [0.717, 1.165) is 43.1 Å². The summed E-state index contributed by atoms with van der Waals surface area (Å²) >= 11 is 6.21. The van der Waals surface area contributed by atoms with Gasteiger partial charge in [-0.15, -0.1) is 0 Å². The van der Waals surface area contributed by atoms with Crippen molar-refractivity contribution >= 4 is 11.6 Å². The Labute approximate surface area is 126 Å². The molecule has 3 nitrogen and oxygen atoms in total. The Kier molecular flexibility index (Phi) is 5.70. The molecule has 0 radical (unpaired) electrons. The molecule has 0 aliphatic carbocycles. The van der Waals surface area contributed by atoms with Gasteiger partial charge in [-0.25, -0.2) is 0 Å². The van der Waals surface area contributed by atoms with Crippen molar-refractivity contribution in [3.8, 4) is 5.75 Å². The standard InChI is InChI=1S/C16H24ClNO2/c1-11(19-3)4-5-15(18-2)10-13-9-14(17)8-12-6-7-20-16(12)13/h8-9,11,15,18H,4-7,10H2,1-3H3. The van der Waals surface area contributed by atoms with Gasteiger partial charge in [-0.05, 0) is 56.5 Å². The highest BCUT2D eigenvalue weighted by Gasteiger charge is 2.20. The molecule has 1 aromatic carbocycles. The van der Waals surface area contributed by atoms with Crippen LogP contribution in [-0.2, 0) is 17.6 Å². The first-order chi connectivity index (χ1) is 9.63. The molecule has 2 atom stereocenters. The molecule has 1 heterocycles. The molecule has 1 aromatic rings. The van der Waals surface area contributed by atoms with Crippen LogP contribution < -0.4 is 10.1 Å². The van der Waals surface area contributed by atoms with Crippen molar-refractivity contribution in [2.75, 3.05) is 20.8 Å². The Hall–Kier alpha value is -0.770. The van der Waals surface area contributed by atoms with Gasteiger partial charge >= 0.3 is 0 Å². The topological polar surface area (TPSA) is 30.5 Å². The lowest BCUT2D eigenvalue weighted by Gasteiger charge is -2.19. The molecule has 2 unspecified atom stereocenters. The molecule has 4 heteroatoms. The third kappa shape index (κ3) is 3.87. The first-order valence-corrected chi connectivity index (χ1v) is 7.66. The van der Waals surface area contributed by atoms with E-state index in [4.69, 9.17) is 21.1 Å². The maximum atomic E-state index is 6.21. The summed E-state index contributed by atoms with van der Waals surface area (Å²) in [5.41, 5.74) is 2.46. The Bertz CT molecular complexity index is 450. The number of hydrogen-bond acceptors (Lipinski definition) is 3. The van der Waals surface area contributed by atoms with E-state index in [1.165, 1.54) is 11.1 Å². The van der Waals surface area contributed by atoms with E-state index in [0.29, 0.717) is 12.1 Å². The number of hydrogen-bond donors (Lipinski definition) is 1. The van der Waals surface area contributed by atoms with Crippen LogP contribution in [0.4, 0.5) is 0 Å². The average Bonchev–Trinajstić information content (AvgIpc) is 2.90. The monoisotopic (exact) mass is 297 g/mol. The molecule has 0 amide bonds. The molecule has 1 N–H and O–H groups in total. The highest BCUT2D eigenvalue weighted by molar-refractivity contribution is 6.30. The molecule has 1 aliphatic heterocycles. The summed E-state index contributed by atoms with van der Waals surface area (Å²) in [6.07, 6.45) is 4.33. The van der Waals surface area contributed by atoms with Gasteiger partial charge in [-0.2, -0.15) is 0 Å². The van der Waals surface area contributed by atoms with Gasteiger partial charge in [-0.1, -0.05) is 11.6 Å². The Morgan fingerprint density at radius 1 is 1.40 bits per heavy atom. The van der Waals surface area contributed by atoms with Crippen molar-refractivity contribution in [3.63, 3.8) is 0 Å². The molecule has 0 saturated carbocycles. The molecule has 112 valence electrons. The number of methoxy groups -OCH3 is 1. The Balaban J connectivity index is 2.04. The van der Waals surface area contributed by atoms with Crippen LogP contribution in [-0.4, -0.2) is 32.9 Å². The van der Waals surface area contributed by atoms with Crippen LogP contribution in [0.2, 0.25) is 5.02 Å². The minimum Gasteiger partial charge on any atom is -0.493 e. The number of ether oxygens (including phenoxy) is 2. The zero-order chi connectivity index (χ0) is 14.5. The first kappa shape index (κ1) is 15.6. The third-order valence-corrected chi connectivity index (χ3v) is 4.24. The van der Waals surface area contributed by atoms with E-state index >= 15 is 0 Å². The lowest BCUT2D eigenvalue weighted by atomic mass is 9.98. The van der Waals surface area contributed by atoms with Gasteiger partial charge in [0, 0.05) is 24.6 Å². The smallest absolute Gasteiger partial charge is 0.125 e. The van der Waals surface area contributed by atoms with Crippen molar-refractivity contribution in [2.24, 2.45) is 0 Å².